The Morgan fingerprint density at radius 3 is 2.89 bits per heavy atom. The van der Waals surface area contributed by atoms with Crippen LogP contribution >= 0.6 is 22.6 Å². The SMILES string of the molecule is COC(=O)c1occc1CNc1ccccc1I. The molecule has 0 unspecified atom stereocenters. The highest BCUT2D eigenvalue weighted by atomic mass is 127. The van der Waals surface area contributed by atoms with Crippen LogP contribution in [0.4, 0.5) is 5.69 Å². The number of rotatable bonds is 4. The fraction of sp³-hybridized carbons (Fsp3) is 0.154. The van der Waals surface area contributed by atoms with E-state index in [2.05, 4.69) is 32.6 Å². The fourth-order valence-corrected chi connectivity index (χ4v) is 2.12. The minimum Gasteiger partial charge on any atom is -0.463 e. The molecule has 0 amide bonds. The Labute approximate surface area is 118 Å². The first-order chi connectivity index (χ1) is 8.72. The van der Waals surface area contributed by atoms with E-state index in [-0.39, 0.29) is 5.76 Å². The first kappa shape index (κ1) is 12.9. The third kappa shape index (κ3) is 2.84. The summed E-state index contributed by atoms with van der Waals surface area (Å²) < 4.78 is 10.9. The van der Waals surface area contributed by atoms with Crippen LogP contribution in [-0.2, 0) is 11.3 Å². The van der Waals surface area contributed by atoms with Crippen molar-refractivity contribution in [2.24, 2.45) is 0 Å². The predicted molar refractivity (Wildman–Crippen MR) is 76.5 cm³/mol. The highest BCUT2D eigenvalue weighted by Gasteiger charge is 2.15. The van der Waals surface area contributed by atoms with Crippen molar-refractivity contribution in [3.8, 4) is 0 Å². The van der Waals surface area contributed by atoms with E-state index in [4.69, 9.17) is 4.42 Å². The molecular formula is C13H12INO3. The van der Waals surface area contributed by atoms with E-state index in [1.807, 2.05) is 24.3 Å². The van der Waals surface area contributed by atoms with Crippen molar-refractivity contribution in [1.29, 1.82) is 0 Å². The highest BCUT2D eigenvalue weighted by molar-refractivity contribution is 14.1. The second-order valence-corrected chi connectivity index (χ2v) is 4.76. The summed E-state index contributed by atoms with van der Waals surface area (Å²) in [6.07, 6.45) is 1.49. The number of ether oxygens (including phenoxy) is 1. The normalized spacial score (nSPS) is 10.1. The van der Waals surface area contributed by atoms with E-state index in [1.165, 1.54) is 13.4 Å². The van der Waals surface area contributed by atoms with E-state index in [0.29, 0.717) is 6.54 Å². The molecule has 94 valence electrons. The van der Waals surface area contributed by atoms with E-state index < -0.39 is 5.97 Å². The molecule has 0 aliphatic carbocycles. The van der Waals surface area contributed by atoms with Gasteiger partial charge in [-0.15, -0.1) is 0 Å². The van der Waals surface area contributed by atoms with Crippen molar-refractivity contribution in [3.63, 3.8) is 0 Å². The maximum atomic E-state index is 11.4. The molecule has 1 N–H and O–H groups in total. The van der Waals surface area contributed by atoms with Crippen LogP contribution in [0.3, 0.4) is 0 Å². The highest BCUT2D eigenvalue weighted by Crippen LogP contribution is 2.19. The molecule has 0 bridgehead atoms. The lowest BCUT2D eigenvalue weighted by Gasteiger charge is -2.07. The van der Waals surface area contributed by atoms with E-state index in [9.17, 15) is 4.79 Å². The number of carbonyl (C=O) groups is 1. The maximum absolute atomic E-state index is 11.4. The molecule has 0 radical (unpaired) electrons. The predicted octanol–water partition coefficient (Wildman–Crippen LogP) is 3.28. The van der Waals surface area contributed by atoms with Crippen molar-refractivity contribution >= 4 is 34.2 Å². The van der Waals surface area contributed by atoms with Crippen molar-refractivity contribution < 1.29 is 13.9 Å². The first-order valence-corrected chi connectivity index (χ1v) is 6.43. The summed E-state index contributed by atoms with van der Waals surface area (Å²) in [6.45, 7) is 0.515. The van der Waals surface area contributed by atoms with Gasteiger partial charge in [0.25, 0.3) is 0 Å². The Morgan fingerprint density at radius 1 is 1.39 bits per heavy atom. The molecule has 2 aromatic rings. The molecular weight excluding hydrogens is 345 g/mol. The summed E-state index contributed by atoms with van der Waals surface area (Å²) in [5, 5.41) is 3.26. The van der Waals surface area contributed by atoms with Gasteiger partial charge < -0.3 is 14.5 Å². The lowest BCUT2D eigenvalue weighted by Crippen LogP contribution is -2.07. The molecule has 2 rings (SSSR count). The standard InChI is InChI=1S/C13H12INO3/c1-17-13(16)12-9(6-7-18-12)8-15-11-5-3-2-4-10(11)14/h2-7,15H,8H2,1H3. The minimum absolute atomic E-state index is 0.246. The first-order valence-electron chi connectivity index (χ1n) is 5.35. The Bertz CT molecular complexity index is 551. The van der Waals surface area contributed by atoms with Gasteiger partial charge in [0.05, 0.1) is 13.4 Å². The zero-order valence-electron chi connectivity index (χ0n) is 9.77. The van der Waals surface area contributed by atoms with Gasteiger partial charge in [0, 0.05) is 21.4 Å². The molecule has 0 saturated heterocycles. The van der Waals surface area contributed by atoms with Crippen molar-refractivity contribution in [2.75, 3.05) is 12.4 Å². The lowest BCUT2D eigenvalue weighted by atomic mass is 10.2. The summed E-state index contributed by atoms with van der Waals surface area (Å²) in [6, 6.07) is 9.69. The maximum Gasteiger partial charge on any atom is 0.374 e. The minimum atomic E-state index is -0.459. The average molecular weight is 357 g/mol. The van der Waals surface area contributed by atoms with Crippen LogP contribution in [0, 0.1) is 3.57 Å². The molecule has 0 aliphatic rings. The number of halogens is 1. The Hall–Kier alpha value is -1.50. The average Bonchev–Trinajstić information content (AvgIpc) is 2.85. The van der Waals surface area contributed by atoms with Crippen LogP contribution in [0.25, 0.3) is 0 Å². The molecule has 0 aliphatic heterocycles. The Kier molecular flexibility index (Phi) is 4.24. The van der Waals surface area contributed by atoms with Gasteiger partial charge in [-0.1, -0.05) is 12.1 Å². The number of para-hydroxylation sites is 1. The summed E-state index contributed by atoms with van der Waals surface area (Å²) in [4.78, 5) is 11.4. The lowest BCUT2D eigenvalue weighted by molar-refractivity contribution is 0.0563. The van der Waals surface area contributed by atoms with Crippen LogP contribution < -0.4 is 5.32 Å². The van der Waals surface area contributed by atoms with E-state index in [0.717, 1.165) is 14.8 Å². The largest absolute Gasteiger partial charge is 0.463 e. The molecule has 0 atom stereocenters. The molecule has 18 heavy (non-hydrogen) atoms. The zero-order chi connectivity index (χ0) is 13.0. The zero-order valence-corrected chi connectivity index (χ0v) is 11.9. The van der Waals surface area contributed by atoms with E-state index in [1.54, 1.807) is 6.07 Å². The van der Waals surface area contributed by atoms with Gasteiger partial charge in [-0.05, 0) is 40.8 Å². The summed E-state index contributed by atoms with van der Waals surface area (Å²) >= 11 is 2.25. The third-order valence-corrected chi connectivity index (χ3v) is 3.40. The van der Waals surface area contributed by atoms with Crippen LogP contribution in [-0.4, -0.2) is 13.1 Å². The number of anilines is 1. The summed E-state index contributed by atoms with van der Waals surface area (Å²) in [5.74, 6) is -0.213. The molecule has 0 saturated carbocycles. The number of nitrogens with one attached hydrogen (secondary N) is 1. The van der Waals surface area contributed by atoms with Crippen LogP contribution in [0.1, 0.15) is 16.1 Å². The number of furan rings is 1. The van der Waals surface area contributed by atoms with Gasteiger partial charge in [0.1, 0.15) is 0 Å². The number of hydrogen-bond donors (Lipinski definition) is 1. The summed E-state index contributed by atoms with van der Waals surface area (Å²) in [5.41, 5.74) is 1.80. The van der Waals surface area contributed by atoms with Crippen molar-refractivity contribution in [2.45, 2.75) is 6.54 Å². The topological polar surface area (TPSA) is 51.5 Å². The molecule has 1 heterocycles. The van der Waals surface area contributed by atoms with Gasteiger partial charge in [0.2, 0.25) is 5.76 Å². The number of methoxy groups -OCH3 is 1. The van der Waals surface area contributed by atoms with E-state index >= 15 is 0 Å². The fourth-order valence-electron chi connectivity index (χ4n) is 1.54. The van der Waals surface area contributed by atoms with Gasteiger partial charge in [-0.2, -0.15) is 0 Å². The van der Waals surface area contributed by atoms with Crippen LogP contribution in [0.5, 0.6) is 0 Å². The van der Waals surface area contributed by atoms with Crippen LogP contribution in [0.2, 0.25) is 0 Å². The number of esters is 1. The Balaban J connectivity index is 2.09. The number of carbonyl (C=O) groups excluding carboxylic acids is 1. The van der Waals surface area contributed by atoms with Crippen molar-refractivity contribution in [3.05, 3.63) is 51.5 Å². The molecule has 1 aromatic heterocycles. The molecule has 1 aromatic carbocycles. The second-order valence-electron chi connectivity index (χ2n) is 3.60. The third-order valence-electron chi connectivity index (χ3n) is 2.46. The molecule has 0 fully saturated rings. The van der Waals surface area contributed by atoms with Gasteiger partial charge >= 0.3 is 5.97 Å². The van der Waals surface area contributed by atoms with Gasteiger partial charge in [-0.3, -0.25) is 0 Å². The van der Waals surface area contributed by atoms with Gasteiger partial charge in [0.15, 0.2) is 0 Å². The molecule has 0 spiro atoms. The monoisotopic (exact) mass is 357 g/mol. The second kappa shape index (κ2) is 5.90. The quantitative estimate of drug-likeness (QED) is 0.674. The number of hydrogen-bond acceptors (Lipinski definition) is 4. The van der Waals surface area contributed by atoms with Gasteiger partial charge in [-0.25, -0.2) is 4.79 Å². The smallest absolute Gasteiger partial charge is 0.374 e. The number of benzene rings is 1. The molecule has 4 nitrogen and oxygen atoms in total. The summed E-state index contributed by atoms with van der Waals surface area (Å²) in [7, 11) is 1.34. The Morgan fingerprint density at radius 2 is 2.17 bits per heavy atom. The van der Waals surface area contributed by atoms with Crippen LogP contribution in [0.15, 0.2) is 41.0 Å². The van der Waals surface area contributed by atoms with Crippen molar-refractivity contribution in [1.82, 2.24) is 0 Å². The molecule has 5 heteroatoms.